The number of hydroxylamine groups is 4. The monoisotopic (exact) mass is 736 g/mol. The second-order valence-electron chi connectivity index (χ2n) is 13.0. The maximum absolute atomic E-state index is 15.8. The molecule has 0 aromatic heterocycles. The van der Waals surface area contributed by atoms with Crippen LogP contribution in [0.2, 0.25) is 0 Å². The highest BCUT2D eigenvalue weighted by Crippen LogP contribution is 2.48. The number of rotatable bonds is 14. The van der Waals surface area contributed by atoms with Crippen LogP contribution in [0.25, 0.3) is 0 Å². The predicted molar refractivity (Wildman–Crippen MR) is 195 cm³/mol. The van der Waals surface area contributed by atoms with Crippen molar-refractivity contribution in [1.29, 1.82) is 0 Å². The summed E-state index contributed by atoms with van der Waals surface area (Å²) in [6, 6.07) is 26.8. The zero-order valence-electron chi connectivity index (χ0n) is 30.2. The number of nitrogens with zero attached hydrogens (tertiary/aromatic N) is 2. The van der Waals surface area contributed by atoms with E-state index in [1.165, 1.54) is 36.4 Å². The van der Waals surface area contributed by atoms with Crippen LogP contribution >= 0.6 is 0 Å². The summed E-state index contributed by atoms with van der Waals surface area (Å²) in [5.74, 6) is -1.80. The summed E-state index contributed by atoms with van der Waals surface area (Å²) < 4.78 is 43.0. The minimum atomic E-state index is -1.39. The van der Waals surface area contributed by atoms with Crippen molar-refractivity contribution >= 4 is 18.0 Å². The summed E-state index contributed by atoms with van der Waals surface area (Å²) in [4.78, 5) is 55.5. The van der Waals surface area contributed by atoms with Crippen LogP contribution < -0.4 is 0 Å². The lowest BCUT2D eigenvalue weighted by atomic mass is 9.85. The molecule has 0 radical (unpaired) electrons. The average molecular weight is 737 g/mol. The molecule has 280 valence electrons. The molecule has 0 N–H and O–H groups in total. The number of amides is 2. The van der Waals surface area contributed by atoms with E-state index in [2.05, 4.69) is 0 Å². The molecule has 4 aromatic carbocycles. The third kappa shape index (κ3) is 8.30. The SMILES string of the molecule is CCCCC1=C(C(=O)C2=C(CCCC)ON(C(=O)OCc3ccccc3)C2c2ccccc2F)C(c2ccccc2F)N(C(=O)OCc2ccccc2)O1. The van der Waals surface area contributed by atoms with E-state index in [1.807, 2.05) is 26.0 Å². The molecule has 11 heteroatoms. The molecule has 54 heavy (non-hydrogen) atoms. The van der Waals surface area contributed by atoms with Crippen molar-refractivity contribution in [2.75, 3.05) is 0 Å². The van der Waals surface area contributed by atoms with Gasteiger partial charge in [0.2, 0.25) is 0 Å². The molecule has 0 bridgehead atoms. The fraction of sp³-hybridized carbons (Fsp3) is 0.279. The number of allylic oxidation sites excluding steroid dienone is 2. The number of ether oxygens (including phenoxy) is 2. The van der Waals surface area contributed by atoms with E-state index in [9.17, 15) is 9.59 Å². The Morgan fingerprint density at radius 1 is 0.574 bits per heavy atom. The molecule has 2 heterocycles. The fourth-order valence-electron chi connectivity index (χ4n) is 6.47. The Balaban J connectivity index is 1.45. The second-order valence-corrected chi connectivity index (χ2v) is 13.0. The van der Waals surface area contributed by atoms with Gasteiger partial charge in [-0.25, -0.2) is 18.4 Å². The van der Waals surface area contributed by atoms with Gasteiger partial charge in [-0.1, -0.05) is 124 Å². The first-order valence-electron chi connectivity index (χ1n) is 18.2. The van der Waals surface area contributed by atoms with E-state index in [0.29, 0.717) is 36.8 Å². The number of benzene rings is 4. The molecule has 2 atom stereocenters. The van der Waals surface area contributed by atoms with Crippen LogP contribution in [0.15, 0.2) is 132 Å². The maximum atomic E-state index is 15.8. The molecule has 0 spiro atoms. The molecule has 2 amide bonds. The van der Waals surface area contributed by atoms with Crippen LogP contribution in [0.5, 0.6) is 0 Å². The molecule has 9 nitrogen and oxygen atoms in total. The van der Waals surface area contributed by atoms with Gasteiger partial charge in [0, 0.05) is 24.0 Å². The minimum Gasteiger partial charge on any atom is -0.442 e. The van der Waals surface area contributed by atoms with E-state index >= 15 is 13.6 Å². The largest absolute Gasteiger partial charge is 0.444 e. The molecule has 2 aliphatic heterocycles. The molecule has 0 saturated heterocycles. The lowest BCUT2D eigenvalue weighted by Crippen LogP contribution is -2.35. The van der Waals surface area contributed by atoms with E-state index in [4.69, 9.17) is 19.1 Å². The Labute approximate surface area is 313 Å². The number of halogens is 2. The van der Waals surface area contributed by atoms with Gasteiger partial charge in [0.05, 0.1) is 11.1 Å². The number of carbonyl (C=O) groups is 3. The van der Waals surface area contributed by atoms with Crippen LogP contribution in [0.4, 0.5) is 18.4 Å². The molecule has 0 saturated carbocycles. The molecular weight excluding hydrogens is 694 g/mol. The zero-order valence-corrected chi connectivity index (χ0v) is 30.2. The van der Waals surface area contributed by atoms with Crippen LogP contribution in [0.1, 0.15) is 86.7 Å². The lowest BCUT2D eigenvalue weighted by Gasteiger charge is -2.26. The summed E-state index contributed by atoms with van der Waals surface area (Å²) in [5, 5.41) is 1.76. The lowest BCUT2D eigenvalue weighted by molar-refractivity contribution is -0.116. The van der Waals surface area contributed by atoms with Crippen molar-refractivity contribution in [2.24, 2.45) is 0 Å². The van der Waals surface area contributed by atoms with Crippen LogP contribution in [0, 0.1) is 11.6 Å². The second kappa shape index (κ2) is 17.7. The molecule has 0 aliphatic carbocycles. The zero-order chi connectivity index (χ0) is 38.0. The number of Topliss-reactive ketones (excluding diaryl/α,β-unsaturated/α-hetero) is 1. The Morgan fingerprint density at radius 3 is 1.31 bits per heavy atom. The van der Waals surface area contributed by atoms with Gasteiger partial charge in [-0.05, 0) is 36.1 Å². The minimum absolute atomic E-state index is 0.0137. The molecule has 2 unspecified atom stereocenters. The van der Waals surface area contributed by atoms with Gasteiger partial charge >= 0.3 is 12.2 Å². The van der Waals surface area contributed by atoms with Crippen molar-refractivity contribution in [3.05, 3.63) is 166 Å². The first-order chi connectivity index (χ1) is 26.3. The molecular formula is C43H42F2N2O7. The van der Waals surface area contributed by atoms with Gasteiger partial charge in [0.1, 0.15) is 48.5 Å². The van der Waals surface area contributed by atoms with Crippen LogP contribution in [0.3, 0.4) is 0 Å². The summed E-state index contributed by atoms with van der Waals surface area (Å²) >= 11 is 0. The highest BCUT2D eigenvalue weighted by Gasteiger charge is 2.51. The Hall–Kier alpha value is -5.97. The van der Waals surface area contributed by atoms with Crippen molar-refractivity contribution in [2.45, 2.75) is 77.7 Å². The fourth-order valence-corrected chi connectivity index (χ4v) is 6.47. The Kier molecular flexibility index (Phi) is 12.4. The first-order valence-corrected chi connectivity index (χ1v) is 18.2. The summed E-state index contributed by atoms with van der Waals surface area (Å²) in [6.07, 6.45) is 1.11. The third-order valence-electron chi connectivity index (χ3n) is 9.21. The van der Waals surface area contributed by atoms with Gasteiger partial charge < -0.3 is 19.1 Å². The molecule has 0 fully saturated rings. The van der Waals surface area contributed by atoms with Gasteiger partial charge in [0.15, 0.2) is 5.78 Å². The van der Waals surface area contributed by atoms with Gasteiger partial charge in [0.25, 0.3) is 0 Å². The highest BCUT2D eigenvalue weighted by atomic mass is 19.1. The molecule has 2 aliphatic rings. The van der Waals surface area contributed by atoms with E-state index in [-0.39, 0.29) is 59.8 Å². The van der Waals surface area contributed by atoms with Gasteiger partial charge in [-0.15, -0.1) is 10.1 Å². The molecule has 6 rings (SSSR count). The summed E-state index contributed by atoms with van der Waals surface area (Å²) in [7, 11) is 0. The first kappa shape index (κ1) is 37.8. The van der Waals surface area contributed by atoms with E-state index in [0.717, 1.165) is 10.1 Å². The maximum Gasteiger partial charge on any atom is 0.444 e. The number of carbonyl (C=O) groups excluding carboxylic acids is 3. The smallest absolute Gasteiger partial charge is 0.442 e. The average Bonchev–Trinajstić information content (AvgIpc) is 3.77. The predicted octanol–water partition coefficient (Wildman–Crippen LogP) is 10.4. The third-order valence-corrected chi connectivity index (χ3v) is 9.21. The Bertz CT molecular complexity index is 1880. The van der Waals surface area contributed by atoms with Crippen molar-refractivity contribution in [3.8, 4) is 0 Å². The Morgan fingerprint density at radius 2 is 0.944 bits per heavy atom. The van der Waals surface area contributed by atoms with Gasteiger partial charge in [-0.3, -0.25) is 4.79 Å². The topological polar surface area (TPSA) is 94.6 Å². The van der Waals surface area contributed by atoms with Gasteiger partial charge in [-0.2, -0.15) is 0 Å². The highest BCUT2D eigenvalue weighted by molar-refractivity contribution is 6.11. The van der Waals surface area contributed by atoms with Crippen molar-refractivity contribution in [3.63, 3.8) is 0 Å². The molecule has 4 aromatic rings. The number of unbranched alkanes of at least 4 members (excludes halogenated alkanes) is 2. The quantitative estimate of drug-likeness (QED) is 0.127. The van der Waals surface area contributed by atoms with Crippen LogP contribution in [-0.2, 0) is 37.2 Å². The van der Waals surface area contributed by atoms with Crippen LogP contribution in [-0.4, -0.2) is 28.1 Å². The van der Waals surface area contributed by atoms with E-state index < -0.39 is 41.7 Å². The van der Waals surface area contributed by atoms with Crippen molar-refractivity contribution in [1.82, 2.24) is 10.1 Å². The number of ketones is 1. The summed E-state index contributed by atoms with van der Waals surface area (Å²) in [6.45, 7) is 3.71. The normalized spacial score (nSPS) is 16.7. The number of hydrogen-bond acceptors (Lipinski definition) is 7. The van der Waals surface area contributed by atoms with Crippen molar-refractivity contribution < 1.29 is 42.3 Å². The van der Waals surface area contributed by atoms with E-state index in [1.54, 1.807) is 60.7 Å². The standard InChI is InChI=1S/C43H42F2N2O7/c1-3-5-25-35-37(39(31-21-13-15-23-33(31)44)46(53-35)42(49)51-27-29-17-9-7-10-18-29)41(48)38-36(26-6-4-2)54-47(40(38)32-22-14-16-24-34(32)45)43(50)52-28-30-19-11-8-12-20-30/h7-24,39-40H,3-6,25-28H2,1-2H3. The number of hydrogen-bond donors (Lipinski definition) is 0. The summed E-state index contributed by atoms with van der Waals surface area (Å²) in [5.41, 5.74) is 1.31.